The van der Waals surface area contributed by atoms with E-state index in [4.69, 9.17) is 26.0 Å². The molecule has 0 saturated carbocycles. The summed E-state index contributed by atoms with van der Waals surface area (Å²) in [6, 6.07) is 17.1. The Morgan fingerprint density at radius 3 is 2.59 bits per heavy atom. The van der Waals surface area contributed by atoms with Gasteiger partial charge in [0.1, 0.15) is 5.69 Å². The van der Waals surface area contributed by atoms with E-state index < -0.39 is 10.0 Å². The first-order chi connectivity index (χ1) is 18.0. The van der Waals surface area contributed by atoms with Gasteiger partial charge in [-0.25, -0.2) is 18.1 Å². The third-order valence-corrected chi connectivity index (χ3v) is 8.59. The highest BCUT2D eigenvalue weighted by Crippen LogP contribution is 2.30. The Morgan fingerprint density at radius 1 is 1.11 bits per heavy atom. The number of hydrogen-bond acceptors (Lipinski definition) is 8. The highest BCUT2D eigenvalue weighted by Gasteiger charge is 2.27. The summed E-state index contributed by atoms with van der Waals surface area (Å²) in [5.74, 6) is 0.587. The first-order valence-electron chi connectivity index (χ1n) is 11.2. The van der Waals surface area contributed by atoms with Crippen molar-refractivity contribution < 1.29 is 17.6 Å². The molecule has 12 heteroatoms. The lowest BCUT2D eigenvalue weighted by Gasteiger charge is -2.26. The molecule has 37 heavy (non-hydrogen) atoms. The van der Waals surface area contributed by atoms with Gasteiger partial charge in [0.15, 0.2) is 5.76 Å². The molecule has 2 aromatic carbocycles. The number of halogens is 1. The number of nitrogens with zero attached hydrogens (tertiary/aromatic N) is 5. The summed E-state index contributed by atoms with van der Waals surface area (Å²) in [6.45, 7) is 1.29. The van der Waals surface area contributed by atoms with Crippen LogP contribution in [-0.4, -0.2) is 49.9 Å². The summed E-state index contributed by atoms with van der Waals surface area (Å²) >= 11 is 7.74. The fourth-order valence-corrected chi connectivity index (χ4v) is 6.05. The van der Waals surface area contributed by atoms with Gasteiger partial charge in [-0.1, -0.05) is 23.7 Å². The normalized spacial score (nSPS) is 15.3. The first-order valence-corrected chi connectivity index (χ1v) is 13.9. The third-order valence-electron chi connectivity index (χ3n) is 5.56. The van der Waals surface area contributed by atoms with Gasteiger partial charge in [-0.3, -0.25) is 0 Å². The van der Waals surface area contributed by atoms with Gasteiger partial charge in [0.25, 0.3) is 0 Å². The number of aromatic nitrogens is 1. The number of morpholine rings is 1. The fourth-order valence-electron chi connectivity index (χ4n) is 3.63. The molecule has 9 nitrogen and oxygen atoms in total. The Hall–Kier alpha value is -3.53. The second-order valence-electron chi connectivity index (χ2n) is 7.91. The number of furan rings is 1. The smallest absolute Gasteiger partial charge is 0.243 e. The van der Waals surface area contributed by atoms with Crippen LogP contribution >= 0.6 is 22.9 Å². The van der Waals surface area contributed by atoms with Gasteiger partial charge >= 0.3 is 0 Å². The standard InChI is InChI=1S/C25H20ClN5O4S2/c26-21-8-7-20(37(32,33)30-9-12-34-13-10-30)14-22(21)29-25-31(23(17-36-25)24-2-1-11-35-24)28-16-19-5-3-18(15-27)4-6-19/h1-8,11,14,16-17H,9-10,12-13H2/b28-16-,29-25?. The van der Waals surface area contributed by atoms with Gasteiger partial charge < -0.3 is 9.15 Å². The molecule has 0 spiro atoms. The van der Waals surface area contributed by atoms with Crippen LogP contribution in [0.15, 0.2) is 85.6 Å². The average molecular weight is 554 g/mol. The molecule has 4 aromatic rings. The van der Waals surface area contributed by atoms with Gasteiger partial charge in [0.2, 0.25) is 14.8 Å². The van der Waals surface area contributed by atoms with E-state index in [0.717, 1.165) is 5.56 Å². The lowest BCUT2D eigenvalue weighted by atomic mass is 10.2. The van der Waals surface area contributed by atoms with E-state index in [9.17, 15) is 8.42 Å². The molecule has 188 valence electrons. The summed E-state index contributed by atoms with van der Waals surface area (Å²) in [4.78, 5) is 5.24. The van der Waals surface area contributed by atoms with Gasteiger partial charge in [0, 0.05) is 18.5 Å². The maximum Gasteiger partial charge on any atom is 0.243 e. The van der Waals surface area contributed by atoms with Crippen LogP contribution in [0, 0.1) is 11.3 Å². The van der Waals surface area contributed by atoms with Crippen molar-refractivity contribution in [1.29, 1.82) is 5.26 Å². The molecule has 3 heterocycles. The number of sulfonamides is 1. The van der Waals surface area contributed by atoms with E-state index >= 15 is 0 Å². The highest BCUT2D eigenvalue weighted by molar-refractivity contribution is 7.89. The Bertz CT molecular complexity index is 1640. The number of thiazole rings is 1. The number of hydrogen-bond donors (Lipinski definition) is 0. The molecule has 0 aliphatic carbocycles. The van der Waals surface area contributed by atoms with Crippen molar-refractivity contribution in [1.82, 2.24) is 8.98 Å². The first kappa shape index (κ1) is 25.1. The number of nitriles is 1. The third kappa shape index (κ3) is 5.44. The van der Waals surface area contributed by atoms with Crippen LogP contribution in [0.5, 0.6) is 0 Å². The predicted molar refractivity (Wildman–Crippen MR) is 140 cm³/mol. The summed E-state index contributed by atoms with van der Waals surface area (Å²) in [6.07, 6.45) is 3.20. The summed E-state index contributed by atoms with van der Waals surface area (Å²) in [5, 5.41) is 15.8. The van der Waals surface area contributed by atoms with Crippen molar-refractivity contribution in [2.24, 2.45) is 10.1 Å². The zero-order valence-electron chi connectivity index (χ0n) is 19.3. The van der Waals surface area contributed by atoms with Crippen LogP contribution in [0.2, 0.25) is 5.02 Å². The second-order valence-corrected chi connectivity index (χ2v) is 11.1. The lowest BCUT2D eigenvalue weighted by Crippen LogP contribution is -2.40. The van der Waals surface area contributed by atoms with Crippen molar-refractivity contribution in [3.63, 3.8) is 0 Å². The van der Waals surface area contributed by atoms with E-state index in [-0.39, 0.29) is 4.90 Å². The Balaban J connectivity index is 1.57. The fraction of sp³-hybridized carbons (Fsp3) is 0.160. The molecule has 0 amide bonds. The van der Waals surface area contributed by atoms with Gasteiger partial charge in [-0.2, -0.15) is 14.7 Å². The van der Waals surface area contributed by atoms with E-state index in [1.807, 2.05) is 11.4 Å². The molecular weight excluding hydrogens is 534 g/mol. The maximum absolute atomic E-state index is 13.2. The Kier molecular flexibility index (Phi) is 7.36. The van der Waals surface area contributed by atoms with E-state index in [0.29, 0.717) is 58.8 Å². The molecule has 0 bridgehead atoms. The molecular formula is C25H20ClN5O4S2. The summed E-state index contributed by atoms with van der Waals surface area (Å²) in [5.41, 5.74) is 2.29. The number of rotatable bonds is 6. The monoisotopic (exact) mass is 553 g/mol. The Labute approximate surface area is 222 Å². The van der Waals surface area contributed by atoms with Crippen LogP contribution in [0.4, 0.5) is 5.69 Å². The average Bonchev–Trinajstić information content (AvgIpc) is 3.59. The van der Waals surface area contributed by atoms with Crippen LogP contribution in [-0.2, 0) is 14.8 Å². The second kappa shape index (κ2) is 10.8. The molecule has 0 unspecified atom stereocenters. The minimum absolute atomic E-state index is 0.105. The van der Waals surface area contributed by atoms with Crippen molar-refractivity contribution in [2.75, 3.05) is 26.3 Å². The molecule has 1 fully saturated rings. The summed E-state index contributed by atoms with van der Waals surface area (Å²) < 4.78 is 40.2. The minimum atomic E-state index is -3.72. The lowest BCUT2D eigenvalue weighted by molar-refractivity contribution is 0.0730. The SMILES string of the molecule is N#Cc1ccc(/C=N\n2c(-c3ccco3)csc2=Nc2cc(S(=O)(=O)N3CCOCC3)ccc2Cl)cc1. The van der Waals surface area contributed by atoms with Crippen LogP contribution in [0.25, 0.3) is 11.5 Å². The quantitative estimate of drug-likeness (QED) is 0.327. The number of benzene rings is 2. The molecule has 1 aliphatic rings. The van der Waals surface area contributed by atoms with Crippen molar-refractivity contribution >= 4 is 44.9 Å². The van der Waals surface area contributed by atoms with E-state index in [1.165, 1.54) is 33.8 Å². The minimum Gasteiger partial charge on any atom is -0.463 e. The Morgan fingerprint density at radius 2 is 1.89 bits per heavy atom. The number of ether oxygens (including phenoxy) is 1. The zero-order valence-corrected chi connectivity index (χ0v) is 21.7. The van der Waals surface area contributed by atoms with E-state index in [2.05, 4.69) is 16.2 Å². The summed E-state index contributed by atoms with van der Waals surface area (Å²) in [7, 11) is -3.72. The molecule has 2 aromatic heterocycles. The van der Waals surface area contributed by atoms with Crippen molar-refractivity contribution in [3.8, 4) is 17.5 Å². The van der Waals surface area contributed by atoms with Gasteiger partial charge in [-0.15, -0.1) is 11.3 Å². The molecule has 5 rings (SSSR count). The molecule has 1 aliphatic heterocycles. The van der Waals surface area contributed by atoms with Gasteiger partial charge in [-0.05, 0) is 48.0 Å². The predicted octanol–water partition coefficient (Wildman–Crippen LogP) is 4.47. The molecule has 0 radical (unpaired) electrons. The van der Waals surface area contributed by atoms with Gasteiger partial charge in [0.05, 0.1) is 52.9 Å². The van der Waals surface area contributed by atoms with Crippen molar-refractivity contribution in [3.05, 3.63) is 87.2 Å². The van der Waals surface area contributed by atoms with Crippen LogP contribution in [0.3, 0.4) is 0 Å². The molecule has 0 atom stereocenters. The largest absolute Gasteiger partial charge is 0.463 e. The highest BCUT2D eigenvalue weighted by atomic mass is 35.5. The van der Waals surface area contributed by atoms with Crippen LogP contribution in [0.1, 0.15) is 11.1 Å². The molecule has 0 N–H and O–H groups in total. The van der Waals surface area contributed by atoms with Crippen molar-refractivity contribution in [2.45, 2.75) is 4.90 Å². The molecule has 1 saturated heterocycles. The zero-order chi connectivity index (χ0) is 25.8. The van der Waals surface area contributed by atoms with Crippen LogP contribution < -0.4 is 4.80 Å². The topological polar surface area (TPSA) is 113 Å². The van der Waals surface area contributed by atoms with E-state index in [1.54, 1.807) is 47.5 Å². The maximum atomic E-state index is 13.2.